The zero-order valence-corrected chi connectivity index (χ0v) is 12.7. The maximum absolute atomic E-state index is 12.0. The molecule has 1 aliphatic heterocycles. The van der Waals surface area contributed by atoms with E-state index in [9.17, 15) is 9.90 Å². The van der Waals surface area contributed by atoms with Crippen molar-refractivity contribution in [1.82, 2.24) is 4.90 Å². The second-order valence-electron chi connectivity index (χ2n) is 4.63. The maximum atomic E-state index is 12.0. The standard InChI is InChI=1S/C13H18BrNO2S/c14-12-7-6-11(18-12)4-1-5-13(17)15-8-2-3-10(15)9-16/h6-7,10,16H,1-5,8-9H2/t10-/m1/s1. The topological polar surface area (TPSA) is 40.5 Å². The van der Waals surface area contributed by atoms with Crippen LogP contribution in [0.3, 0.4) is 0 Å². The molecule has 0 saturated carbocycles. The first-order valence-corrected chi connectivity index (χ1v) is 7.96. The van der Waals surface area contributed by atoms with Gasteiger partial charge in [0.2, 0.25) is 5.91 Å². The van der Waals surface area contributed by atoms with Crippen LogP contribution >= 0.6 is 27.3 Å². The number of nitrogens with zero attached hydrogens (tertiary/aromatic N) is 1. The maximum Gasteiger partial charge on any atom is 0.222 e. The first-order valence-electron chi connectivity index (χ1n) is 6.35. The number of aliphatic hydroxyl groups is 1. The Kier molecular flexibility index (Phi) is 5.21. The van der Waals surface area contributed by atoms with Crippen molar-refractivity contribution in [3.05, 3.63) is 20.8 Å². The molecule has 18 heavy (non-hydrogen) atoms. The quantitative estimate of drug-likeness (QED) is 0.901. The van der Waals surface area contributed by atoms with Gasteiger partial charge in [0.1, 0.15) is 0 Å². The molecule has 1 fully saturated rings. The van der Waals surface area contributed by atoms with Gasteiger partial charge in [0.25, 0.3) is 0 Å². The number of carbonyl (C=O) groups excluding carboxylic acids is 1. The van der Waals surface area contributed by atoms with Gasteiger partial charge in [0.15, 0.2) is 0 Å². The molecule has 5 heteroatoms. The minimum atomic E-state index is 0.0633. The largest absolute Gasteiger partial charge is 0.394 e. The molecule has 0 aliphatic carbocycles. The Hall–Kier alpha value is -0.390. The van der Waals surface area contributed by atoms with Crippen molar-refractivity contribution < 1.29 is 9.90 Å². The van der Waals surface area contributed by atoms with Gasteiger partial charge in [-0.1, -0.05) is 0 Å². The number of rotatable bonds is 5. The molecular formula is C13H18BrNO2S. The Morgan fingerprint density at radius 3 is 3.06 bits per heavy atom. The molecule has 1 amide bonds. The number of hydrogen-bond acceptors (Lipinski definition) is 3. The highest BCUT2D eigenvalue weighted by Crippen LogP contribution is 2.24. The summed E-state index contributed by atoms with van der Waals surface area (Å²) < 4.78 is 1.14. The lowest BCUT2D eigenvalue weighted by Crippen LogP contribution is -2.37. The summed E-state index contributed by atoms with van der Waals surface area (Å²) in [5.41, 5.74) is 0. The Bertz CT molecular complexity index is 407. The summed E-state index contributed by atoms with van der Waals surface area (Å²) in [5.74, 6) is 0.196. The molecule has 0 unspecified atom stereocenters. The molecule has 0 aromatic carbocycles. The van der Waals surface area contributed by atoms with Crippen molar-refractivity contribution in [1.29, 1.82) is 0 Å². The molecule has 1 N–H and O–H groups in total. The summed E-state index contributed by atoms with van der Waals surface area (Å²) in [4.78, 5) is 15.2. The first kappa shape index (κ1) is 14.0. The monoisotopic (exact) mass is 331 g/mol. The lowest BCUT2D eigenvalue weighted by atomic mass is 10.2. The molecule has 0 bridgehead atoms. The van der Waals surface area contributed by atoms with Crippen molar-refractivity contribution in [3.8, 4) is 0 Å². The molecular weight excluding hydrogens is 314 g/mol. The number of thiophene rings is 1. The van der Waals surface area contributed by atoms with Crippen molar-refractivity contribution >= 4 is 33.2 Å². The van der Waals surface area contributed by atoms with Crippen LogP contribution in [0.25, 0.3) is 0 Å². The van der Waals surface area contributed by atoms with Gasteiger partial charge in [0.05, 0.1) is 16.4 Å². The summed E-state index contributed by atoms with van der Waals surface area (Å²) in [6.45, 7) is 0.915. The van der Waals surface area contributed by atoms with Crippen molar-refractivity contribution in [3.63, 3.8) is 0 Å². The second-order valence-corrected chi connectivity index (χ2v) is 7.17. The molecule has 1 atom stereocenters. The van der Waals surface area contributed by atoms with Gasteiger partial charge in [-0.15, -0.1) is 11.3 Å². The van der Waals surface area contributed by atoms with Gasteiger partial charge in [-0.3, -0.25) is 4.79 Å². The van der Waals surface area contributed by atoms with Crippen LogP contribution in [-0.4, -0.2) is 35.1 Å². The molecule has 0 spiro atoms. The Labute approximate surface area is 120 Å². The summed E-state index contributed by atoms with van der Waals surface area (Å²) in [7, 11) is 0. The summed E-state index contributed by atoms with van der Waals surface area (Å²) >= 11 is 5.17. The molecule has 0 radical (unpaired) electrons. The van der Waals surface area contributed by atoms with E-state index in [-0.39, 0.29) is 18.6 Å². The van der Waals surface area contributed by atoms with Gasteiger partial charge < -0.3 is 10.0 Å². The van der Waals surface area contributed by atoms with Crippen LogP contribution in [0.5, 0.6) is 0 Å². The van der Waals surface area contributed by atoms with Gasteiger partial charge in [-0.25, -0.2) is 0 Å². The smallest absolute Gasteiger partial charge is 0.222 e. The predicted octanol–water partition coefficient (Wildman–Crippen LogP) is 2.82. The molecule has 100 valence electrons. The van der Waals surface area contributed by atoms with Gasteiger partial charge in [-0.05, 0) is 53.7 Å². The zero-order valence-electron chi connectivity index (χ0n) is 10.3. The average molecular weight is 332 g/mol. The number of aliphatic hydroxyl groups excluding tert-OH is 1. The van der Waals surface area contributed by atoms with E-state index in [1.54, 1.807) is 11.3 Å². The third-order valence-corrected chi connectivity index (χ3v) is 5.03. The highest BCUT2D eigenvalue weighted by atomic mass is 79.9. The van der Waals surface area contributed by atoms with E-state index in [1.165, 1.54) is 4.88 Å². The third-order valence-electron chi connectivity index (χ3n) is 3.35. The van der Waals surface area contributed by atoms with Crippen LogP contribution in [0.4, 0.5) is 0 Å². The first-order chi connectivity index (χ1) is 8.70. The van der Waals surface area contributed by atoms with Crippen LogP contribution < -0.4 is 0 Å². The van der Waals surface area contributed by atoms with Crippen molar-refractivity contribution in [2.45, 2.75) is 38.1 Å². The lowest BCUT2D eigenvalue weighted by Gasteiger charge is -2.22. The van der Waals surface area contributed by atoms with Gasteiger partial charge >= 0.3 is 0 Å². The normalized spacial score (nSPS) is 19.4. The Morgan fingerprint density at radius 1 is 1.56 bits per heavy atom. The van der Waals surface area contributed by atoms with Crippen molar-refractivity contribution in [2.75, 3.05) is 13.2 Å². The minimum Gasteiger partial charge on any atom is -0.394 e. The second kappa shape index (κ2) is 6.68. The lowest BCUT2D eigenvalue weighted by molar-refractivity contribution is -0.132. The van der Waals surface area contributed by atoms with Crippen LogP contribution in [-0.2, 0) is 11.2 Å². The molecule has 1 saturated heterocycles. The third kappa shape index (κ3) is 3.56. The molecule has 2 rings (SSSR count). The molecule has 1 aliphatic rings. The van der Waals surface area contributed by atoms with E-state index < -0.39 is 0 Å². The van der Waals surface area contributed by atoms with Crippen LogP contribution in [0.2, 0.25) is 0 Å². The number of likely N-dealkylation sites (tertiary alicyclic amines) is 1. The minimum absolute atomic E-state index is 0.0633. The number of hydrogen-bond donors (Lipinski definition) is 1. The molecule has 2 heterocycles. The number of halogens is 1. The molecule has 1 aromatic rings. The van der Waals surface area contributed by atoms with E-state index in [2.05, 4.69) is 22.0 Å². The fourth-order valence-electron chi connectivity index (χ4n) is 2.40. The Balaban J connectivity index is 1.74. The fraction of sp³-hybridized carbons (Fsp3) is 0.615. The van der Waals surface area contributed by atoms with E-state index in [1.807, 2.05) is 11.0 Å². The van der Waals surface area contributed by atoms with E-state index in [4.69, 9.17) is 0 Å². The summed E-state index contributed by atoms with van der Waals surface area (Å²) in [6.07, 6.45) is 4.40. The van der Waals surface area contributed by atoms with E-state index >= 15 is 0 Å². The SMILES string of the molecule is O=C(CCCc1ccc(Br)s1)N1CCC[C@@H]1CO. The average Bonchev–Trinajstić information content (AvgIpc) is 2.97. The van der Waals surface area contributed by atoms with E-state index in [0.29, 0.717) is 6.42 Å². The van der Waals surface area contributed by atoms with Crippen LogP contribution in [0, 0.1) is 0 Å². The highest BCUT2D eigenvalue weighted by Gasteiger charge is 2.27. The fourth-order valence-corrected chi connectivity index (χ4v) is 3.92. The number of amides is 1. The van der Waals surface area contributed by atoms with Crippen LogP contribution in [0.1, 0.15) is 30.6 Å². The predicted molar refractivity (Wildman–Crippen MR) is 76.8 cm³/mol. The van der Waals surface area contributed by atoms with E-state index in [0.717, 1.165) is 36.0 Å². The van der Waals surface area contributed by atoms with Crippen LogP contribution in [0.15, 0.2) is 15.9 Å². The highest BCUT2D eigenvalue weighted by molar-refractivity contribution is 9.11. The molecule has 1 aromatic heterocycles. The molecule has 3 nitrogen and oxygen atoms in total. The number of aryl methyl sites for hydroxylation is 1. The van der Waals surface area contributed by atoms with Gasteiger partial charge in [0, 0.05) is 17.8 Å². The summed E-state index contributed by atoms with van der Waals surface area (Å²) in [5, 5.41) is 9.19. The van der Waals surface area contributed by atoms with Crippen molar-refractivity contribution in [2.24, 2.45) is 0 Å². The Morgan fingerprint density at radius 2 is 2.39 bits per heavy atom. The summed E-state index contributed by atoms with van der Waals surface area (Å²) in [6, 6.07) is 4.21. The zero-order chi connectivity index (χ0) is 13.0. The number of carbonyl (C=O) groups is 1. The van der Waals surface area contributed by atoms with Gasteiger partial charge in [-0.2, -0.15) is 0 Å².